The summed E-state index contributed by atoms with van der Waals surface area (Å²) in [5.41, 5.74) is 3.64. The average Bonchev–Trinajstić information content (AvgIpc) is 2.81. The van der Waals surface area contributed by atoms with E-state index in [1.165, 1.54) is 5.69 Å². The molecule has 0 bridgehead atoms. The quantitative estimate of drug-likeness (QED) is 0.238. The molecule has 1 aliphatic rings. The van der Waals surface area contributed by atoms with Crippen molar-refractivity contribution in [3.05, 3.63) is 36.3 Å². The molecule has 1 saturated heterocycles. The van der Waals surface area contributed by atoms with Crippen molar-refractivity contribution in [3.63, 3.8) is 0 Å². The maximum atomic E-state index is 14.1. The van der Waals surface area contributed by atoms with Gasteiger partial charge in [0, 0.05) is 50.5 Å². The highest BCUT2D eigenvalue weighted by molar-refractivity contribution is 5.74. The number of halogens is 1. The molecule has 32 heavy (non-hydrogen) atoms. The Bertz CT molecular complexity index is 858. The number of hydroxylamine groups is 1. The van der Waals surface area contributed by atoms with Gasteiger partial charge in [-0.2, -0.15) is 4.98 Å². The molecule has 9 nitrogen and oxygen atoms in total. The molecule has 3 rings (SSSR count). The van der Waals surface area contributed by atoms with Gasteiger partial charge in [0.05, 0.1) is 6.20 Å². The van der Waals surface area contributed by atoms with E-state index >= 15 is 0 Å². The third-order valence-electron chi connectivity index (χ3n) is 5.48. The van der Waals surface area contributed by atoms with E-state index in [2.05, 4.69) is 49.6 Å². The second kappa shape index (κ2) is 12.2. The number of aromatic nitrogens is 2. The van der Waals surface area contributed by atoms with E-state index in [4.69, 9.17) is 5.21 Å². The summed E-state index contributed by atoms with van der Waals surface area (Å²) in [4.78, 5) is 23.9. The zero-order valence-corrected chi connectivity index (χ0v) is 18.5. The molecule has 10 heteroatoms. The van der Waals surface area contributed by atoms with Crippen molar-refractivity contribution in [2.45, 2.75) is 32.1 Å². The number of carbonyl (C=O) groups excluding carboxylic acids is 1. The Morgan fingerprint density at radius 1 is 1.09 bits per heavy atom. The molecule has 1 aromatic heterocycles. The highest BCUT2D eigenvalue weighted by atomic mass is 19.1. The first-order valence-electron chi connectivity index (χ1n) is 11.0. The van der Waals surface area contributed by atoms with E-state index in [0.717, 1.165) is 57.3 Å². The second-order valence-corrected chi connectivity index (χ2v) is 7.98. The van der Waals surface area contributed by atoms with E-state index in [9.17, 15) is 9.18 Å². The molecular formula is C22H32FN7O2. The molecular weight excluding hydrogens is 413 g/mol. The van der Waals surface area contributed by atoms with Gasteiger partial charge in [-0.15, -0.1) is 0 Å². The summed E-state index contributed by atoms with van der Waals surface area (Å²) >= 11 is 0. The normalized spacial score (nSPS) is 14.3. The smallest absolute Gasteiger partial charge is 0.243 e. The van der Waals surface area contributed by atoms with Crippen LogP contribution in [0.25, 0.3) is 0 Å². The molecule has 0 spiro atoms. The Morgan fingerprint density at radius 3 is 2.53 bits per heavy atom. The molecule has 2 aromatic rings. The van der Waals surface area contributed by atoms with Crippen molar-refractivity contribution in [2.75, 3.05) is 55.3 Å². The maximum absolute atomic E-state index is 14.1. The number of anilines is 4. The first-order chi connectivity index (χ1) is 15.5. The van der Waals surface area contributed by atoms with Gasteiger partial charge in [-0.3, -0.25) is 10.0 Å². The van der Waals surface area contributed by atoms with Gasteiger partial charge in [-0.25, -0.2) is 14.9 Å². The fourth-order valence-electron chi connectivity index (χ4n) is 3.53. The maximum Gasteiger partial charge on any atom is 0.243 e. The van der Waals surface area contributed by atoms with E-state index < -0.39 is 5.82 Å². The van der Waals surface area contributed by atoms with Gasteiger partial charge in [0.15, 0.2) is 11.6 Å². The van der Waals surface area contributed by atoms with Crippen LogP contribution in [0.2, 0.25) is 0 Å². The van der Waals surface area contributed by atoms with Crippen molar-refractivity contribution in [1.82, 2.24) is 20.3 Å². The van der Waals surface area contributed by atoms with Crippen molar-refractivity contribution in [3.8, 4) is 0 Å². The van der Waals surface area contributed by atoms with Crippen LogP contribution in [0.3, 0.4) is 0 Å². The summed E-state index contributed by atoms with van der Waals surface area (Å²) in [6.07, 6.45) is 4.73. The molecule has 2 heterocycles. The number of unbranched alkanes of at least 4 members (excludes halogenated alkanes) is 3. The lowest BCUT2D eigenvalue weighted by Crippen LogP contribution is -2.44. The topological polar surface area (TPSA) is 106 Å². The summed E-state index contributed by atoms with van der Waals surface area (Å²) in [5.74, 6) is -0.381. The zero-order chi connectivity index (χ0) is 22.8. The molecule has 0 unspecified atom stereocenters. The number of carbonyl (C=O) groups is 1. The summed E-state index contributed by atoms with van der Waals surface area (Å²) in [7, 11) is 2.14. The van der Waals surface area contributed by atoms with Gasteiger partial charge in [-0.05, 0) is 44.2 Å². The fraction of sp³-hybridized carbons (Fsp3) is 0.500. The molecule has 4 N–H and O–H groups in total. The number of nitrogens with one attached hydrogen (secondary N) is 3. The monoisotopic (exact) mass is 445 g/mol. The highest BCUT2D eigenvalue weighted by Crippen LogP contribution is 2.22. The lowest BCUT2D eigenvalue weighted by atomic mass is 10.1. The number of hydrogen-bond donors (Lipinski definition) is 4. The van der Waals surface area contributed by atoms with Gasteiger partial charge in [0.1, 0.15) is 0 Å². The Hall–Kier alpha value is -2.98. The molecule has 0 atom stereocenters. The standard InChI is InChI=1S/C22H32FN7O2/c1-29-12-14-30(15-13-29)18-9-7-17(8-10-18)26-22-25-16-19(23)21(27-22)24-11-5-3-2-4-6-20(31)28-32/h7-10,16,32H,2-6,11-15H2,1H3,(H,28,31)(H2,24,25,26,27). The number of benzene rings is 1. The summed E-state index contributed by atoms with van der Waals surface area (Å²) in [6, 6.07) is 8.09. The van der Waals surface area contributed by atoms with Gasteiger partial charge in [0.2, 0.25) is 11.9 Å². The highest BCUT2D eigenvalue weighted by Gasteiger charge is 2.14. The molecule has 1 fully saturated rings. The molecule has 0 aliphatic carbocycles. The fourth-order valence-corrected chi connectivity index (χ4v) is 3.53. The first-order valence-corrected chi connectivity index (χ1v) is 11.0. The average molecular weight is 446 g/mol. The van der Waals surface area contributed by atoms with Crippen molar-refractivity contribution < 1.29 is 14.4 Å². The van der Waals surface area contributed by atoms with Crippen LogP contribution in [-0.4, -0.2) is 65.8 Å². The minimum atomic E-state index is -0.499. The molecule has 174 valence electrons. The van der Waals surface area contributed by atoms with Gasteiger partial charge in [-0.1, -0.05) is 12.8 Å². The summed E-state index contributed by atoms with van der Waals surface area (Å²) in [6.45, 7) is 4.70. The predicted octanol–water partition coefficient (Wildman–Crippen LogP) is 2.98. The van der Waals surface area contributed by atoms with Crippen LogP contribution in [0.1, 0.15) is 32.1 Å². The van der Waals surface area contributed by atoms with Crippen LogP contribution in [0.5, 0.6) is 0 Å². The van der Waals surface area contributed by atoms with Crippen LogP contribution in [0, 0.1) is 5.82 Å². The van der Waals surface area contributed by atoms with E-state index in [0.29, 0.717) is 25.3 Å². The van der Waals surface area contributed by atoms with Crippen molar-refractivity contribution in [1.29, 1.82) is 0 Å². The predicted molar refractivity (Wildman–Crippen MR) is 123 cm³/mol. The number of nitrogens with zero attached hydrogens (tertiary/aromatic N) is 4. The number of hydrogen-bond acceptors (Lipinski definition) is 8. The van der Waals surface area contributed by atoms with Gasteiger partial charge < -0.3 is 20.4 Å². The molecule has 1 amide bonds. The van der Waals surface area contributed by atoms with E-state index in [1.807, 2.05) is 12.1 Å². The lowest BCUT2D eigenvalue weighted by Gasteiger charge is -2.34. The molecule has 0 radical (unpaired) electrons. The van der Waals surface area contributed by atoms with Crippen LogP contribution >= 0.6 is 0 Å². The number of likely N-dealkylation sites (N-methyl/N-ethyl adjacent to an activating group) is 1. The zero-order valence-electron chi connectivity index (χ0n) is 18.5. The largest absolute Gasteiger partial charge is 0.369 e. The first kappa shape index (κ1) is 23.7. The van der Waals surface area contributed by atoms with Gasteiger partial charge >= 0.3 is 0 Å². The van der Waals surface area contributed by atoms with E-state index in [1.54, 1.807) is 5.48 Å². The minimum absolute atomic E-state index is 0.163. The van der Waals surface area contributed by atoms with E-state index in [-0.39, 0.29) is 11.7 Å². The Labute approximate surface area is 188 Å². The van der Waals surface area contributed by atoms with Crippen molar-refractivity contribution in [2.24, 2.45) is 0 Å². The Morgan fingerprint density at radius 2 is 1.81 bits per heavy atom. The molecule has 1 aliphatic heterocycles. The number of amides is 1. The van der Waals surface area contributed by atoms with Crippen LogP contribution < -0.4 is 21.0 Å². The Balaban J connectivity index is 1.45. The molecule has 1 aromatic carbocycles. The number of rotatable bonds is 11. The molecule has 0 saturated carbocycles. The summed E-state index contributed by atoms with van der Waals surface area (Å²) in [5, 5.41) is 14.6. The Kier molecular flexibility index (Phi) is 9.00. The SMILES string of the molecule is CN1CCN(c2ccc(Nc3ncc(F)c(NCCCCCCC(=O)NO)n3)cc2)CC1. The minimum Gasteiger partial charge on any atom is -0.369 e. The number of piperazine rings is 1. The van der Waals surface area contributed by atoms with Crippen LogP contribution in [-0.2, 0) is 4.79 Å². The van der Waals surface area contributed by atoms with Crippen LogP contribution in [0.15, 0.2) is 30.5 Å². The van der Waals surface area contributed by atoms with Gasteiger partial charge in [0.25, 0.3) is 0 Å². The van der Waals surface area contributed by atoms with Crippen LogP contribution in [0.4, 0.5) is 27.5 Å². The summed E-state index contributed by atoms with van der Waals surface area (Å²) < 4.78 is 14.1. The van der Waals surface area contributed by atoms with Crippen molar-refractivity contribution >= 4 is 29.0 Å². The third-order valence-corrected chi connectivity index (χ3v) is 5.48. The second-order valence-electron chi connectivity index (χ2n) is 7.98. The third kappa shape index (κ3) is 7.31. The lowest BCUT2D eigenvalue weighted by molar-refractivity contribution is -0.129.